The van der Waals surface area contributed by atoms with Crippen LogP contribution >= 0.6 is 0 Å². The second kappa shape index (κ2) is 5.31. The Morgan fingerprint density at radius 1 is 1.07 bits per heavy atom. The zero-order chi connectivity index (χ0) is 12.3. The fourth-order valence-electron chi connectivity index (χ4n) is 1.24. The zero-order valence-electron chi connectivity index (χ0n) is 11.6. The van der Waals surface area contributed by atoms with E-state index in [4.69, 9.17) is 5.73 Å². The predicted molar refractivity (Wildman–Crippen MR) is 68.9 cm³/mol. The van der Waals surface area contributed by atoms with Gasteiger partial charge in [0.05, 0.1) is 0 Å². The molecule has 1 unspecified atom stereocenters. The third-order valence-electron chi connectivity index (χ3n) is 3.90. The number of nitrogens with two attached hydrogens (primary N) is 1. The Hall–Kier alpha value is -0.0800. The fourth-order valence-corrected chi connectivity index (χ4v) is 1.24. The van der Waals surface area contributed by atoms with Crippen LogP contribution in [0, 0.1) is 16.7 Å². The third kappa shape index (κ3) is 4.52. The molecule has 0 fully saturated rings. The van der Waals surface area contributed by atoms with E-state index in [2.05, 4.69) is 53.8 Å². The van der Waals surface area contributed by atoms with Crippen LogP contribution in [0.3, 0.4) is 0 Å². The topological polar surface area (TPSA) is 38.0 Å². The second-order valence-corrected chi connectivity index (χ2v) is 6.60. The monoisotopic (exact) mass is 214 g/mol. The zero-order valence-corrected chi connectivity index (χ0v) is 11.6. The Morgan fingerprint density at radius 3 is 1.80 bits per heavy atom. The van der Waals surface area contributed by atoms with Crippen molar-refractivity contribution in [2.45, 2.75) is 54.5 Å². The highest BCUT2D eigenvalue weighted by atomic mass is 14.9. The summed E-state index contributed by atoms with van der Waals surface area (Å²) in [4.78, 5) is 0. The largest absolute Gasteiger partial charge is 0.329 e. The van der Waals surface area contributed by atoms with Crippen molar-refractivity contribution in [1.29, 1.82) is 0 Å². The molecule has 0 heterocycles. The van der Waals surface area contributed by atoms with Crippen molar-refractivity contribution in [3.8, 4) is 0 Å². The quantitative estimate of drug-likeness (QED) is 0.738. The Kier molecular flexibility index (Phi) is 5.28. The number of nitrogens with one attached hydrogen (secondary N) is 1. The molecule has 0 aliphatic carbocycles. The molecule has 0 aliphatic heterocycles. The summed E-state index contributed by atoms with van der Waals surface area (Å²) >= 11 is 0. The number of rotatable bonds is 5. The van der Waals surface area contributed by atoms with Gasteiger partial charge in [-0.05, 0) is 16.7 Å². The lowest BCUT2D eigenvalue weighted by Crippen LogP contribution is -2.47. The lowest BCUT2D eigenvalue weighted by atomic mass is 9.69. The van der Waals surface area contributed by atoms with Crippen LogP contribution in [0.25, 0.3) is 0 Å². The maximum absolute atomic E-state index is 5.75. The maximum Gasteiger partial charge on any atom is 0.0213 e. The standard InChI is InChI=1S/C13H30N2/c1-10(2)11(8-14)15-9-13(6,7)12(3,4)5/h10-11,15H,8-9,14H2,1-7H3. The van der Waals surface area contributed by atoms with Crippen molar-refractivity contribution in [3.05, 3.63) is 0 Å². The maximum atomic E-state index is 5.75. The molecule has 1 atom stereocenters. The predicted octanol–water partition coefficient (Wildman–Crippen LogP) is 2.63. The summed E-state index contributed by atoms with van der Waals surface area (Å²) in [6, 6.07) is 0.437. The van der Waals surface area contributed by atoms with Crippen LogP contribution in [0.2, 0.25) is 0 Å². The van der Waals surface area contributed by atoms with Crippen LogP contribution < -0.4 is 11.1 Å². The van der Waals surface area contributed by atoms with Crippen LogP contribution in [0.4, 0.5) is 0 Å². The molecule has 92 valence electrons. The molecular formula is C13H30N2. The highest BCUT2D eigenvalue weighted by molar-refractivity contribution is 4.86. The normalized spacial score (nSPS) is 15.8. The van der Waals surface area contributed by atoms with Gasteiger partial charge in [0.15, 0.2) is 0 Å². The molecule has 0 aromatic heterocycles. The van der Waals surface area contributed by atoms with Gasteiger partial charge in [0, 0.05) is 19.1 Å². The summed E-state index contributed by atoms with van der Waals surface area (Å²) in [6.07, 6.45) is 0. The molecule has 0 aromatic carbocycles. The van der Waals surface area contributed by atoms with E-state index in [1.807, 2.05) is 0 Å². The van der Waals surface area contributed by atoms with E-state index >= 15 is 0 Å². The van der Waals surface area contributed by atoms with Gasteiger partial charge in [0.2, 0.25) is 0 Å². The SMILES string of the molecule is CC(C)C(CN)NCC(C)(C)C(C)(C)C. The van der Waals surface area contributed by atoms with Crippen LogP contribution in [-0.2, 0) is 0 Å². The lowest BCUT2D eigenvalue weighted by molar-refractivity contribution is 0.121. The van der Waals surface area contributed by atoms with Crippen LogP contribution in [0.15, 0.2) is 0 Å². The fraction of sp³-hybridized carbons (Fsp3) is 1.00. The van der Waals surface area contributed by atoms with Gasteiger partial charge < -0.3 is 11.1 Å². The minimum absolute atomic E-state index is 0.287. The molecule has 0 radical (unpaired) electrons. The minimum Gasteiger partial charge on any atom is -0.329 e. The van der Waals surface area contributed by atoms with Crippen molar-refractivity contribution in [2.24, 2.45) is 22.5 Å². The summed E-state index contributed by atoms with van der Waals surface area (Å²) in [5.74, 6) is 0.603. The summed E-state index contributed by atoms with van der Waals surface area (Å²) < 4.78 is 0. The Balaban J connectivity index is 4.25. The van der Waals surface area contributed by atoms with Crippen molar-refractivity contribution >= 4 is 0 Å². The molecule has 0 rings (SSSR count). The van der Waals surface area contributed by atoms with E-state index in [-0.39, 0.29) is 5.41 Å². The molecule has 0 saturated carbocycles. The van der Waals surface area contributed by atoms with Crippen LogP contribution in [0.5, 0.6) is 0 Å². The first kappa shape index (κ1) is 14.9. The van der Waals surface area contributed by atoms with Gasteiger partial charge in [-0.1, -0.05) is 48.5 Å². The van der Waals surface area contributed by atoms with Gasteiger partial charge >= 0.3 is 0 Å². The first-order valence-corrected chi connectivity index (χ1v) is 6.05. The minimum atomic E-state index is 0.287. The van der Waals surface area contributed by atoms with Crippen molar-refractivity contribution in [1.82, 2.24) is 5.32 Å². The van der Waals surface area contributed by atoms with Gasteiger partial charge in [0.1, 0.15) is 0 Å². The van der Waals surface area contributed by atoms with Crippen LogP contribution in [0.1, 0.15) is 48.5 Å². The van der Waals surface area contributed by atoms with Gasteiger partial charge in [-0.15, -0.1) is 0 Å². The first-order valence-electron chi connectivity index (χ1n) is 6.05. The summed E-state index contributed by atoms with van der Waals surface area (Å²) in [7, 11) is 0. The van der Waals surface area contributed by atoms with Crippen molar-refractivity contribution < 1.29 is 0 Å². The molecule has 2 nitrogen and oxygen atoms in total. The van der Waals surface area contributed by atoms with E-state index in [0.717, 1.165) is 13.1 Å². The molecule has 0 amide bonds. The average Bonchev–Trinajstić information content (AvgIpc) is 2.02. The Bertz CT molecular complexity index is 177. The Morgan fingerprint density at radius 2 is 1.53 bits per heavy atom. The second-order valence-electron chi connectivity index (χ2n) is 6.60. The van der Waals surface area contributed by atoms with Gasteiger partial charge in [-0.3, -0.25) is 0 Å². The molecule has 15 heavy (non-hydrogen) atoms. The van der Waals surface area contributed by atoms with E-state index in [1.54, 1.807) is 0 Å². The van der Waals surface area contributed by atoms with Crippen molar-refractivity contribution in [3.63, 3.8) is 0 Å². The average molecular weight is 214 g/mol. The van der Waals surface area contributed by atoms with Gasteiger partial charge in [-0.25, -0.2) is 0 Å². The molecule has 0 spiro atoms. The molecule has 0 aliphatic rings. The summed E-state index contributed by atoms with van der Waals surface area (Å²) in [5.41, 5.74) is 6.35. The molecular weight excluding hydrogens is 184 g/mol. The molecule has 0 bridgehead atoms. The summed E-state index contributed by atoms with van der Waals surface area (Å²) in [5, 5.41) is 3.59. The first-order chi connectivity index (χ1) is 6.62. The molecule has 0 aromatic rings. The van der Waals surface area contributed by atoms with E-state index in [1.165, 1.54) is 0 Å². The number of hydrogen-bond acceptors (Lipinski definition) is 2. The third-order valence-corrected chi connectivity index (χ3v) is 3.90. The molecule has 2 heteroatoms. The van der Waals surface area contributed by atoms with E-state index in [0.29, 0.717) is 17.4 Å². The van der Waals surface area contributed by atoms with Gasteiger partial charge in [-0.2, -0.15) is 0 Å². The van der Waals surface area contributed by atoms with Gasteiger partial charge in [0.25, 0.3) is 0 Å². The number of hydrogen-bond donors (Lipinski definition) is 2. The highest BCUT2D eigenvalue weighted by Gasteiger charge is 2.32. The molecule has 0 saturated heterocycles. The lowest BCUT2D eigenvalue weighted by Gasteiger charge is -2.40. The highest BCUT2D eigenvalue weighted by Crippen LogP contribution is 2.37. The molecule has 3 N–H and O–H groups in total. The van der Waals surface area contributed by atoms with E-state index in [9.17, 15) is 0 Å². The van der Waals surface area contributed by atoms with Crippen LogP contribution in [-0.4, -0.2) is 19.1 Å². The van der Waals surface area contributed by atoms with Crippen molar-refractivity contribution in [2.75, 3.05) is 13.1 Å². The van der Waals surface area contributed by atoms with E-state index < -0.39 is 0 Å². The Labute approximate surface area is 96.0 Å². The summed E-state index contributed by atoms with van der Waals surface area (Å²) in [6.45, 7) is 17.7. The smallest absolute Gasteiger partial charge is 0.0213 e.